The highest BCUT2D eigenvalue weighted by molar-refractivity contribution is 7.21. The van der Waals surface area contributed by atoms with Crippen LogP contribution in [-0.2, 0) is 0 Å². The number of nitrogen functional groups attached to an aromatic ring is 1. The number of benzene rings is 2. The maximum atomic E-state index is 12.8. The molecule has 6 heteroatoms. The van der Waals surface area contributed by atoms with Gasteiger partial charge in [0, 0.05) is 16.5 Å². The first-order chi connectivity index (χ1) is 12.6. The van der Waals surface area contributed by atoms with E-state index < -0.39 is 0 Å². The highest BCUT2D eigenvalue weighted by Gasteiger charge is 2.18. The Balaban J connectivity index is 1.72. The van der Waals surface area contributed by atoms with Gasteiger partial charge >= 0.3 is 0 Å². The molecule has 0 aliphatic heterocycles. The molecule has 0 saturated heterocycles. The number of methoxy groups -OCH3 is 1. The van der Waals surface area contributed by atoms with Crippen molar-refractivity contribution in [2.45, 2.75) is 6.92 Å². The third-order valence-corrected chi connectivity index (χ3v) is 5.42. The van der Waals surface area contributed by atoms with Gasteiger partial charge in [-0.25, -0.2) is 4.98 Å². The molecule has 26 heavy (non-hydrogen) atoms. The number of nitrogens with one attached hydrogen (secondary N) is 1. The number of hydrogen-bond acceptors (Lipinski definition) is 5. The molecule has 0 radical (unpaired) electrons. The third-order valence-electron chi connectivity index (χ3n) is 4.31. The summed E-state index contributed by atoms with van der Waals surface area (Å²) in [7, 11) is 1.61. The number of carbonyl (C=O) groups excluding carboxylic acids is 1. The van der Waals surface area contributed by atoms with Gasteiger partial charge in [0.1, 0.15) is 15.5 Å². The fraction of sp³-hybridized carbons (Fsp3) is 0.100. The summed E-state index contributed by atoms with van der Waals surface area (Å²) in [5, 5.41) is 4.74. The zero-order chi connectivity index (χ0) is 18.3. The summed E-state index contributed by atoms with van der Waals surface area (Å²) < 4.78 is 5.20. The van der Waals surface area contributed by atoms with E-state index in [1.54, 1.807) is 7.11 Å². The summed E-state index contributed by atoms with van der Waals surface area (Å²) in [6.45, 7) is 1.92. The quantitative estimate of drug-likeness (QED) is 0.558. The van der Waals surface area contributed by atoms with Gasteiger partial charge in [0.05, 0.1) is 18.3 Å². The predicted octanol–water partition coefficient (Wildman–Crippen LogP) is 4.60. The van der Waals surface area contributed by atoms with Crippen molar-refractivity contribution < 1.29 is 9.53 Å². The number of ether oxygens (including phenoxy) is 1. The van der Waals surface area contributed by atoms with Gasteiger partial charge in [-0.1, -0.05) is 18.2 Å². The second-order valence-electron chi connectivity index (χ2n) is 6.01. The molecule has 4 rings (SSSR count). The number of aromatic nitrogens is 1. The summed E-state index contributed by atoms with van der Waals surface area (Å²) in [6.07, 6.45) is 0. The lowest BCUT2D eigenvalue weighted by Crippen LogP contribution is -2.12. The van der Waals surface area contributed by atoms with Crippen LogP contribution in [0.4, 0.5) is 11.4 Å². The number of thiophene rings is 1. The fourth-order valence-electron chi connectivity index (χ4n) is 2.89. The number of carbonyl (C=O) groups is 1. The van der Waals surface area contributed by atoms with E-state index in [1.807, 2.05) is 55.5 Å². The molecule has 0 saturated carbocycles. The lowest BCUT2D eigenvalue weighted by molar-refractivity contribution is 0.103. The second kappa shape index (κ2) is 6.31. The van der Waals surface area contributed by atoms with Crippen molar-refractivity contribution in [1.82, 2.24) is 4.98 Å². The first kappa shape index (κ1) is 16.4. The highest BCUT2D eigenvalue weighted by Crippen LogP contribution is 2.35. The smallest absolute Gasteiger partial charge is 0.267 e. The number of nitrogens with zero attached hydrogens (tertiary/aromatic N) is 1. The van der Waals surface area contributed by atoms with Gasteiger partial charge in [0.15, 0.2) is 0 Å². The van der Waals surface area contributed by atoms with Crippen molar-refractivity contribution >= 4 is 49.7 Å². The highest BCUT2D eigenvalue weighted by atomic mass is 32.1. The van der Waals surface area contributed by atoms with Crippen LogP contribution in [0.5, 0.6) is 5.75 Å². The summed E-state index contributed by atoms with van der Waals surface area (Å²) >= 11 is 1.31. The Bertz CT molecular complexity index is 1150. The van der Waals surface area contributed by atoms with Crippen LogP contribution in [0.25, 0.3) is 21.1 Å². The number of anilines is 2. The van der Waals surface area contributed by atoms with Crippen LogP contribution in [0.15, 0.2) is 48.5 Å². The first-order valence-corrected chi connectivity index (χ1v) is 8.92. The van der Waals surface area contributed by atoms with E-state index >= 15 is 0 Å². The van der Waals surface area contributed by atoms with Crippen LogP contribution in [0, 0.1) is 6.92 Å². The molecule has 0 aliphatic rings. The molecule has 2 aromatic carbocycles. The predicted molar refractivity (Wildman–Crippen MR) is 107 cm³/mol. The van der Waals surface area contributed by atoms with E-state index in [4.69, 9.17) is 10.5 Å². The molecular formula is C20H17N3O2S. The Labute approximate surface area is 154 Å². The molecule has 2 aromatic heterocycles. The summed E-state index contributed by atoms with van der Waals surface area (Å²) in [5.41, 5.74) is 9.26. The number of rotatable bonds is 3. The molecule has 0 atom stereocenters. The van der Waals surface area contributed by atoms with Gasteiger partial charge in [-0.15, -0.1) is 11.3 Å². The Morgan fingerprint density at radius 2 is 2.00 bits per heavy atom. The Morgan fingerprint density at radius 1 is 1.19 bits per heavy atom. The summed E-state index contributed by atoms with van der Waals surface area (Å²) in [6, 6.07) is 15.3. The van der Waals surface area contributed by atoms with Gasteiger partial charge in [-0.05, 0) is 42.8 Å². The average molecular weight is 363 g/mol. The minimum Gasteiger partial charge on any atom is -0.497 e. The fourth-order valence-corrected chi connectivity index (χ4v) is 3.87. The lowest BCUT2D eigenvalue weighted by Gasteiger charge is -2.09. The molecule has 0 aliphatic carbocycles. The van der Waals surface area contributed by atoms with Gasteiger partial charge < -0.3 is 15.8 Å². The molecule has 2 heterocycles. The molecule has 4 aromatic rings. The molecular weight excluding hydrogens is 346 g/mol. The number of amides is 1. The van der Waals surface area contributed by atoms with E-state index in [2.05, 4.69) is 10.3 Å². The summed E-state index contributed by atoms with van der Waals surface area (Å²) in [5.74, 6) is 0.514. The van der Waals surface area contributed by atoms with Crippen LogP contribution in [0.3, 0.4) is 0 Å². The van der Waals surface area contributed by atoms with Gasteiger partial charge in [-0.2, -0.15) is 0 Å². The van der Waals surface area contributed by atoms with E-state index in [0.29, 0.717) is 10.6 Å². The first-order valence-electron chi connectivity index (χ1n) is 8.10. The molecule has 130 valence electrons. The monoisotopic (exact) mass is 363 g/mol. The number of hydrogen-bond donors (Lipinski definition) is 2. The largest absolute Gasteiger partial charge is 0.497 e. The van der Waals surface area contributed by atoms with E-state index in [1.165, 1.54) is 11.3 Å². The zero-order valence-corrected chi connectivity index (χ0v) is 15.2. The van der Waals surface area contributed by atoms with E-state index in [0.717, 1.165) is 38.1 Å². The van der Waals surface area contributed by atoms with E-state index in [-0.39, 0.29) is 5.91 Å². The Kier molecular flexibility index (Phi) is 3.97. The average Bonchev–Trinajstić information content (AvgIpc) is 2.97. The molecule has 0 bridgehead atoms. The van der Waals surface area contributed by atoms with Crippen molar-refractivity contribution in [3.63, 3.8) is 0 Å². The van der Waals surface area contributed by atoms with Crippen molar-refractivity contribution in [3.05, 3.63) is 59.0 Å². The van der Waals surface area contributed by atoms with Crippen LogP contribution >= 0.6 is 11.3 Å². The lowest BCUT2D eigenvalue weighted by atomic mass is 10.1. The standard InChI is InChI=1S/C20H17N3O2S/c1-11-9-13(25-2)7-8-15(11)22-19(24)18-17(21)14-10-12-5-3-4-6-16(12)23-20(14)26-18/h3-10H,21H2,1-2H3,(H,22,24). The van der Waals surface area contributed by atoms with Crippen molar-refractivity contribution in [2.75, 3.05) is 18.2 Å². The molecule has 0 fully saturated rings. The van der Waals surface area contributed by atoms with Crippen molar-refractivity contribution in [2.24, 2.45) is 0 Å². The Hall–Kier alpha value is -3.12. The number of para-hydroxylation sites is 1. The minimum absolute atomic E-state index is 0.233. The van der Waals surface area contributed by atoms with Crippen LogP contribution in [-0.4, -0.2) is 18.0 Å². The maximum absolute atomic E-state index is 12.8. The molecule has 5 nitrogen and oxygen atoms in total. The van der Waals surface area contributed by atoms with Crippen LogP contribution in [0.2, 0.25) is 0 Å². The summed E-state index contributed by atoms with van der Waals surface area (Å²) in [4.78, 5) is 18.6. The molecule has 1 amide bonds. The number of aryl methyl sites for hydroxylation is 1. The number of nitrogens with two attached hydrogens (primary N) is 1. The third kappa shape index (κ3) is 2.74. The van der Waals surface area contributed by atoms with Gasteiger partial charge in [0.2, 0.25) is 0 Å². The van der Waals surface area contributed by atoms with Crippen molar-refractivity contribution in [1.29, 1.82) is 0 Å². The normalized spacial score (nSPS) is 11.0. The number of fused-ring (bicyclic) bond motifs is 2. The Morgan fingerprint density at radius 3 is 2.77 bits per heavy atom. The second-order valence-corrected chi connectivity index (χ2v) is 7.01. The molecule has 0 unspecified atom stereocenters. The molecule has 3 N–H and O–H groups in total. The van der Waals surface area contributed by atoms with Crippen LogP contribution in [0.1, 0.15) is 15.2 Å². The zero-order valence-electron chi connectivity index (χ0n) is 14.4. The van der Waals surface area contributed by atoms with Gasteiger partial charge in [-0.3, -0.25) is 4.79 Å². The van der Waals surface area contributed by atoms with Crippen molar-refractivity contribution in [3.8, 4) is 5.75 Å². The maximum Gasteiger partial charge on any atom is 0.267 e. The van der Waals surface area contributed by atoms with Gasteiger partial charge in [0.25, 0.3) is 5.91 Å². The van der Waals surface area contributed by atoms with E-state index in [9.17, 15) is 4.79 Å². The van der Waals surface area contributed by atoms with Crippen LogP contribution < -0.4 is 15.8 Å². The topological polar surface area (TPSA) is 77.2 Å². The SMILES string of the molecule is COc1ccc(NC(=O)c2sc3nc4ccccc4cc3c2N)c(C)c1. The minimum atomic E-state index is -0.233. The molecule has 0 spiro atoms. The number of pyridine rings is 1.